The van der Waals surface area contributed by atoms with Crippen molar-refractivity contribution in [2.45, 2.75) is 39.7 Å². The molecule has 0 saturated heterocycles. The van der Waals surface area contributed by atoms with Crippen LogP contribution in [0.25, 0.3) is 0 Å². The lowest BCUT2D eigenvalue weighted by molar-refractivity contribution is 0.0702. The zero-order valence-electron chi connectivity index (χ0n) is 12.8. The molecular formula is C17H20O3S. The predicted molar refractivity (Wildman–Crippen MR) is 85.5 cm³/mol. The molecule has 4 heteroatoms. The fraction of sp³-hybridized carbons (Fsp3) is 0.353. The van der Waals surface area contributed by atoms with Crippen LogP contribution >= 0.6 is 11.3 Å². The van der Waals surface area contributed by atoms with Crippen LogP contribution in [0.4, 0.5) is 0 Å². The van der Waals surface area contributed by atoms with Crippen molar-refractivity contribution in [3.63, 3.8) is 0 Å². The van der Waals surface area contributed by atoms with E-state index in [1.807, 2.05) is 13.0 Å². The summed E-state index contributed by atoms with van der Waals surface area (Å²) >= 11 is 1.25. The van der Waals surface area contributed by atoms with E-state index in [2.05, 4.69) is 32.9 Å². The molecule has 1 N–H and O–H groups in total. The van der Waals surface area contributed by atoms with Crippen LogP contribution in [0.1, 0.15) is 46.4 Å². The first-order valence-electron chi connectivity index (χ1n) is 6.83. The molecule has 0 aliphatic rings. The third kappa shape index (κ3) is 3.85. The molecule has 1 aromatic carbocycles. The van der Waals surface area contributed by atoms with E-state index in [-0.39, 0.29) is 5.41 Å². The summed E-state index contributed by atoms with van der Waals surface area (Å²) in [6.07, 6.45) is 0. The van der Waals surface area contributed by atoms with E-state index in [1.165, 1.54) is 16.9 Å². The Hall–Kier alpha value is -1.81. The summed E-state index contributed by atoms with van der Waals surface area (Å²) in [5.74, 6) is -0.0507. The molecule has 0 atom stereocenters. The van der Waals surface area contributed by atoms with Crippen LogP contribution in [-0.2, 0) is 12.0 Å². The maximum Gasteiger partial charge on any atom is 0.345 e. The van der Waals surface area contributed by atoms with E-state index in [0.29, 0.717) is 11.5 Å². The molecule has 1 aromatic heterocycles. The molecule has 0 aliphatic carbocycles. The van der Waals surface area contributed by atoms with Crippen LogP contribution in [0.3, 0.4) is 0 Å². The van der Waals surface area contributed by atoms with Gasteiger partial charge in [0, 0.05) is 4.88 Å². The fourth-order valence-electron chi connectivity index (χ4n) is 2.00. The normalized spacial score (nSPS) is 11.4. The molecule has 1 heterocycles. The molecule has 21 heavy (non-hydrogen) atoms. The number of carbonyl (C=O) groups is 1. The average molecular weight is 304 g/mol. The Morgan fingerprint density at radius 1 is 1.24 bits per heavy atom. The molecule has 0 saturated carbocycles. The molecule has 2 rings (SSSR count). The highest BCUT2D eigenvalue weighted by Gasteiger charge is 2.15. The Morgan fingerprint density at radius 3 is 2.48 bits per heavy atom. The molecule has 0 radical (unpaired) electrons. The van der Waals surface area contributed by atoms with Crippen LogP contribution < -0.4 is 4.74 Å². The van der Waals surface area contributed by atoms with Crippen molar-refractivity contribution in [3.8, 4) is 5.75 Å². The van der Waals surface area contributed by atoms with Gasteiger partial charge in [0.1, 0.15) is 17.2 Å². The van der Waals surface area contributed by atoms with E-state index in [4.69, 9.17) is 9.84 Å². The van der Waals surface area contributed by atoms with Crippen molar-refractivity contribution in [1.82, 2.24) is 0 Å². The lowest BCUT2D eigenvalue weighted by Gasteiger charge is -2.20. The van der Waals surface area contributed by atoms with Crippen LogP contribution in [0.2, 0.25) is 0 Å². The van der Waals surface area contributed by atoms with E-state index < -0.39 is 5.97 Å². The Morgan fingerprint density at radius 2 is 1.95 bits per heavy atom. The summed E-state index contributed by atoms with van der Waals surface area (Å²) in [6.45, 7) is 8.97. The van der Waals surface area contributed by atoms with Gasteiger partial charge in [0.2, 0.25) is 0 Å². The van der Waals surface area contributed by atoms with Crippen molar-refractivity contribution in [3.05, 3.63) is 51.2 Å². The first-order chi connectivity index (χ1) is 9.77. The molecule has 0 amide bonds. The fourth-order valence-corrected chi connectivity index (χ4v) is 2.76. The monoisotopic (exact) mass is 304 g/mol. The molecule has 0 spiro atoms. The topological polar surface area (TPSA) is 46.5 Å². The number of rotatable bonds is 4. The largest absolute Gasteiger partial charge is 0.488 e. The van der Waals surface area contributed by atoms with Gasteiger partial charge in [0.25, 0.3) is 0 Å². The van der Waals surface area contributed by atoms with Gasteiger partial charge in [-0.25, -0.2) is 4.79 Å². The van der Waals surface area contributed by atoms with Gasteiger partial charge < -0.3 is 9.84 Å². The van der Waals surface area contributed by atoms with Gasteiger partial charge >= 0.3 is 5.97 Å². The Bertz CT molecular complexity index is 650. The van der Waals surface area contributed by atoms with Gasteiger partial charge in [-0.15, -0.1) is 11.3 Å². The maximum absolute atomic E-state index is 10.8. The molecule has 2 aromatic rings. The first kappa shape index (κ1) is 15.6. The predicted octanol–water partition coefficient (Wildman–Crippen LogP) is 4.63. The van der Waals surface area contributed by atoms with Crippen molar-refractivity contribution in [2.24, 2.45) is 0 Å². The molecule has 112 valence electrons. The van der Waals surface area contributed by atoms with Gasteiger partial charge in [-0.3, -0.25) is 0 Å². The number of aryl methyl sites for hydroxylation is 1. The van der Waals surface area contributed by atoms with Gasteiger partial charge in [-0.2, -0.15) is 0 Å². The number of hydrogen-bond donors (Lipinski definition) is 1. The number of ether oxygens (including phenoxy) is 1. The molecule has 0 unspecified atom stereocenters. The molecule has 0 bridgehead atoms. The number of benzene rings is 1. The maximum atomic E-state index is 10.8. The van der Waals surface area contributed by atoms with E-state index in [1.54, 1.807) is 12.1 Å². The van der Waals surface area contributed by atoms with Crippen molar-refractivity contribution >= 4 is 17.3 Å². The third-order valence-electron chi connectivity index (χ3n) is 3.28. The van der Waals surface area contributed by atoms with Crippen molar-refractivity contribution in [2.75, 3.05) is 0 Å². The minimum atomic E-state index is -0.892. The number of aromatic carboxylic acids is 1. The summed E-state index contributed by atoms with van der Waals surface area (Å²) in [7, 11) is 0. The van der Waals surface area contributed by atoms with Gasteiger partial charge in [-0.05, 0) is 41.7 Å². The van der Waals surface area contributed by atoms with Crippen LogP contribution in [-0.4, -0.2) is 11.1 Å². The van der Waals surface area contributed by atoms with Gasteiger partial charge in [-0.1, -0.05) is 32.9 Å². The standard InChI is InChI=1S/C17H20O3S/c1-11-9-12(17(2,3)4)5-7-14(11)20-10-13-6-8-15(21-13)16(18)19/h5-9H,10H2,1-4H3,(H,18,19). The molecule has 0 aliphatic heterocycles. The quantitative estimate of drug-likeness (QED) is 0.895. The second-order valence-electron chi connectivity index (χ2n) is 6.09. The average Bonchev–Trinajstić information content (AvgIpc) is 2.85. The lowest BCUT2D eigenvalue weighted by atomic mass is 9.86. The van der Waals surface area contributed by atoms with E-state index in [0.717, 1.165) is 16.2 Å². The lowest BCUT2D eigenvalue weighted by Crippen LogP contribution is -2.11. The van der Waals surface area contributed by atoms with Crippen LogP contribution in [0.15, 0.2) is 30.3 Å². The van der Waals surface area contributed by atoms with Gasteiger partial charge in [0.15, 0.2) is 0 Å². The van der Waals surface area contributed by atoms with E-state index in [9.17, 15) is 4.79 Å². The third-order valence-corrected chi connectivity index (χ3v) is 4.33. The highest BCUT2D eigenvalue weighted by Crippen LogP contribution is 2.28. The molecule has 0 fully saturated rings. The number of carboxylic acids is 1. The Labute approximate surface area is 129 Å². The summed E-state index contributed by atoms with van der Waals surface area (Å²) in [5.41, 5.74) is 2.49. The van der Waals surface area contributed by atoms with Crippen LogP contribution in [0.5, 0.6) is 5.75 Å². The van der Waals surface area contributed by atoms with Gasteiger partial charge in [0.05, 0.1) is 0 Å². The summed E-state index contributed by atoms with van der Waals surface area (Å²) in [4.78, 5) is 12.1. The summed E-state index contributed by atoms with van der Waals surface area (Å²) in [5, 5.41) is 8.90. The SMILES string of the molecule is Cc1cc(C(C)(C)C)ccc1OCc1ccc(C(=O)O)s1. The smallest absolute Gasteiger partial charge is 0.345 e. The number of thiophene rings is 1. The van der Waals surface area contributed by atoms with E-state index >= 15 is 0 Å². The number of carboxylic acid groups (broad SMARTS) is 1. The highest BCUT2D eigenvalue weighted by atomic mass is 32.1. The molecule has 3 nitrogen and oxygen atoms in total. The summed E-state index contributed by atoms with van der Waals surface area (Å²) < 4.78 is 5.80. The van der Waals surface area contributed by atoms with Crippen LogP contribution in [0, 0.1) is 6.92 Å². The Kier molecular flexibility index (Phi) is 4.37. The second kappa shape index (κ2) is 5.90. The van der Waals surface area contributed by atoms with Crippen molar-refractivity contribution in [1.29, 1.82) is 0 Å². The minimum absolute atomic E-state index is 0.118. The minimum Gasteiger partial charge on any atom is -0.488 e. The zero-order chi connectivity index (χ0) is 15.6. The molecular weight excluding hydrogens is 284 g/mol. The highest BCUT2D eigenvalue weighted by molar-refractivity contribution is 7.13. The van der Waals surface area contributed by atoms with Crippen molar-refractivity contribution < 1.29 is 14.6 Å². The zero-order valence-corrected chi connectivity index (χ0v) is 13.6. The summed E-state index contributed by atoms with van der Waals surface area (Å²) in [6, 6.07) is 9.63. The number of hydrogen-bond acceptors (Lipinski definition) is 3. The second-order valence-corrected chi connectivity index (χ2v) is 7.26. The first-order valence-corrected chi connectivity index (χ1v) is 7.65. The Balaban J connectivity index is 2.08.